The lowest BCUT2D eigenvalue weighted by Gasteiger charge is -2.33. The average Bonchev–Trinajstić information content (AvgIpc) is 1.61. The van der Waals surface area contributed by atoms with Crippen molar-refractivity contribution in [2.75, 3.05) is 6.54 Å². The number of carbonyl (C=O) groups is 1. The van der Waals surface area contributed by atoms with Crippen LogP contribution >= 0.6 is 0 Å². The molecule has 1 fully saturated rings. The molecule has 45 valence electrons. The van der Waals surface area contributed by atoms with E-state index in [-0.39, 0.29) is 6.04 Å². The van der Waals surface area contributed by atoms with E-state index in [2.05, 4.69) is 7.05 Å². The number of aliphatic carboxylic acids is 1. The maximum absolute atomic E-state index is 10.1. The lowest BCUT2D eigenvalue weighted by atomic mass is 10.1. The first-order valence-corrected chi connectivity index (χ1v) is 2.52. The fourth-order valence-corrected chi connectivity index (χ4v) is 0.720. The summed E-state index contributed by atoms with van der Waals surface area (Å²) < 4.78 is 0. The minimum Gasteiger partial charge on any atom is -0.480 e. The number of nitrogens with zero attached hydrogens (tertiary/aromatic N) is 1. The van der Waals surface area contributed by atoms with Crippen LogP contribution in [0.15, 0.2) is 0 Å². The number of likely N-dealkylation sites (tertiary alicyclic amines) is 1. The normalized spacial score (nSPS) is 29.4. The van der Waals surface area contributed by atoms with Crippen molar-refractivity contribution < 1.29 is 9.90 Å². The van der Waals surface area contributed by atoms with Gasteiger partial charge in [-0.05, 0) is 6.42 Å². The quantitative estimate of drug-likeness (QED) is 0.519. The fourth-order valence-electron chi connectivity index (χ4n) is 0.720. The molecular formula is C5H8NO2. The third-order valence-corrected chi connectivity index (χ3v) is 1.42. The van der Waals surface area contributed by atoms with Gasteiger partial charge in [0, 0.05) is 13.6 Å². The Hall–Kier alpha value is -0.570. The van der Waals surface area contributed by atoms with Crippen molar-refractivity contribution in [3.63, 3.8) is 0 Å². The molecule has 0 spiro atoms. The van der Waals surface area contributed by atoms with Crippen LogP contribution in [0, 0.1) is 7.05 Å². The first kappa shape index (κ1) is 5.56. The first-order valence-electron chi connectivity index (χ1n) is 2.52. The molecule has 0 saturated carbocycles. The van der Waals surface area contributed by atoms with Gasteiger partial charge in [0.05, 0.1) is 0 Å². The zero-order valence-electron chi connectivity index (χ0n) is 4.50. The van der Waals surface area contributed by atoms with Gasteiger partial charge in [-0.15, -0.1) is 0 Å². The van der Waals surface area contributed by atoms with Crippen molar-refractivity contribution >= 4 is 5.97 Å². The molecule has 1 saturated heterocycles. The van der Waals surface area contributed by atoms with E-state index in [1.165, 1.54) is 0 Å². The maximum Gasteiger partial charge on any atom is 0.320 e. The number of carboxylic acids is 1. The minimum atomic E-state index is -0.758. The SMILES string of the molecule is [CH2]N1CCC1C(=O)O. The molecule has 1 unspecified atom stereocenters. The zero-order chi connectivity index (χ0) is 6.15. The second-order valence-corrected chi connectivity index (χ2v) is 1.96. The Morgan fingerprint density at radius 2 is 2.50 bits per heavy atom. The Labute approximate surface area is 47.9 Å². The summed E-state index contributed by atoms with van der Waals surface area (Å²) in [6.45, 7) is 0.816. The summed E-state index contributed by atoms with van der Waals surface area (Å²) in [4.78, 5) is 11.7. The highest BCUT2D eigenvalue weighted by molar-refractivity contribution is 5.74. The third kappa shape index (κ3) is 0.690. The van der Waals surface area contributed by atoms with E-state index in [1.807, 2.05) is 0 Å². The van der Waals surface area contributed by atoms with E-state index < -0.39 is 5.97 Å². The Morgan fingerprint density at radius 1 is 1.88 bits per heavy atom. The molecule has 1 heterocycles. The predicted molar refractivity (Wildman–Crippen MR) is 28.1 cm³/mol. The maximum atomic E-state index is 10.1. The lowest BCUT2D eigenvalue weighted by Crippen LogP contribution is -2.48. The molecule has 8 heavy (non-hydrogen) atoms. The molecule has 0 bridgehead atoms. The van der Waals surface area contributed by atoms with Crippen LogP contribution in [-0.2, 0) is 4.79 Å². The Balaban J connectivity index is 2.37. The highest BCUT2D eigenvalue weighted by Crippen LogP contribution is 2.14. The zero-order valence-corrected chi connectivity index (χ0v) is 4.50. The molecule has 1 radical (unpaired) electrons. The molecule has 0 aromatic heterocycles. The highest BCUT2D eigenvalue weighted by atomic mass is 16.4. The van der Waals surface area contributed by atoms with Crippen LogP contribution in [0.1, 0.15) is 6.42 Å². The van der Waals surface area contributed by atoms with Crippen LogP contribution in [0.2, 0.25) is 0 Å². The highest BCUT2D eigenvalue weighted by Gasteiger charge is 2.30. The summed E-state index contributed by atoms with van der Waals surface area (Å²) in [5.41, 5.74) is 0. The Bertz CT molecular complexity index is 113. The molecule has 1 aliphatic rings. The van der Waals surface area contributed by atoms with Crippen LogP contribution in [0.25, 0.3) is 0 Å². The molecule has 0 amide bonds. The topological polar surface area (TPSA) is 40.5 Å². The lowest BCUT2D eigenvalue weighted by molar-refractivity contribution is -0.146. The van der Waals surface area contributed by atoms with E-state index in [0.717, 1.165) is 13.0 Å². The van der Waals surface area contributed by atoms with Crippen molar-refractivity contribution in [3.8, 4) is 0 Å². The summed E-state index contributed by atoms with van der Waals surface area (Å²) in [5.74, 6) is -0.758. The number of hydrogen-bond acceptors (Lipinski definition) is 2. The summed E-state index contributed by atoms with van der Waals surface area (Å²) in [5, 5.41) is 8.32. The van der Waals surface area contributed by atoms with Crippen LogP contribution in [0.5, 0.6) is 0 Å². The molecule has 1 atom stereocenters. The molecule has 3 nitrogen and oxygen atoms in total. The van der Waals surface area contributed by atoms with Gasteiger partial charge in [0.15, 0.2) is 0 Å². The number of rotatable bonds is 1. The molecule has 0 aromatic rings. The number of carboxylic acid groups (broad SMARTS) is 1. The summed E-state index contributed by atoms with van der Waals surface area (Å²) in [7, 11) is 3.50. The van der Waals surface area contributed by atoms with E-state index >= 15 is 0 Å². The molecule has 0 aliphatic carbocycles. The molecule has 1 aliphatic heterocycles. The molecule has 0 aromatic carbocycles. The predicted octanol–water partition coefficient (Wildman–Crippen LogP) is -0.0631. The van der Waals surface area contributed by atoms with Gasteiger partial charge >= 0.3 is 5.97 Å². The minimum absolute atomic E-state index is 0.310. The monoisotopic (exact) mass is 114 g/mol. The van der Waals surface area contributed by atoms with Gasteiger partial charge in [-0.3, -0.25) is 9.69 Å². The second-order valence-electron chi connectivity index (χ2n) is 1.96. The smallest absolute Gasteiger partial charge is 0.320 e. The van der Waals surface area contributed by atoms with E-state index in [0.29, 0.717) is 0 Å². The van der Waals surface area contributed by atoms with Crippen molar-refractivity contribution in [2.24, 2.45) is 0 Å². The average molecular weight is 114 g/mol. The summed E-state index contributed by atoms with van der Waals surface area (Å²) in [6.07, 6.45) is 0.749. The summed E-state index contributed by atoms with van der Waals surface area (Å²) >= 11 is 0. The van der Waals surface area contributed by atoms with Crippen molar-refractivity contribution in [3.05, 3.63) is 7.05 Å². The third-order valence-electron chi connectivity index (χ3n) is 1.42. The van der Waals surface area contributed by atoms with E-state index in [1.54, 1.807) is 4.90 Å². The largest absolute Gasteiger partial charge is 0.480 e. The second kappa shape index (κ2) is 1.74. The molecule has 3 heteroatoms. The Kier molecular flexibility index (Phi) is 1.21. The van der Waals surface area contributed by atoms with E-state index in [4.69, 9.17) is 5.11 Å². The van der Waals surface area contributed by atoms with Gasteiger partial charge in [-0.25, -0.2) is 0 Å². The van der Waals surface area contributed by atoms with Gasteiger partial charge in [0.25, 0.3) is 0 Å². The molecule has 1 N–H and O–H groups in total. The Morgan fingerprint density at radius 3 is 2.50 bits per heavy atom. The first-order chi connectivity index (χ1) is 3.72. The molecular weight excluding hydrogens is 106 g/mol. The van der Waals surface area contributed by atoms with Gasteiger partial charge in [-0.1, -0.05) is 0 Å². The van der Waals surface area contributed by atoms with Gasteiger partial charge in [-0.2, -0.15) is 0 Å². The van der Waals surface area contributed by atoms with Crippen molar-refractivity contribution in [2.45, 2.75) is 12.5 Å². The van der Waals surface area contributed by atoms with Gasteiger partial charge in [0.2, 0.25) is 0 Å². The van der Waals surface area contributed by atoms with Crippen LogP contribution in [-0.4, -0.2) is 28.6 Å². The van der Waals surface area contributed by atoms with Gasteiger partial charge in [0.1, 0.15) is 6.04 Å². The number of hydrogen-bond donors (Lipinski definition) is 1. The summed E-state index contributed by atoms with van der Waals surface area (Å²) in [6, 6.07) is -0.310. The van der Waals surface area contributed by atoms with Crippen LogP contribution < -0.4 is 0 Å². The standard InChI is InChI=1S/C5H8NO2/c1-6-3-2-4(6)5(7)8/h4H,1-3H2,(H,7,8). The van der Waals surface area contributed by atoms with Crippen molar-refractivity contribution in [1.29, 1.82) is 0 Å². The van der Waals surface area contributed by atoms with Crippen molar-refractivity contribution in [1.82, 2.24) is 4.90 Å². The molecule has 1 rings (SSSR count). The van der Waals surface area contributed by atoms with Gasteiger partial charge < -0.3 is 5.11 Å². The van der Waals surface area contributed by atoms with E-state index in [9.17, 15) is 4.79 Å². The fraction of sp³-hybridized carbons (Fsp3) is 0.600. The van der Waals surface area contributed by atoms with Crippen LogP contribution in [0.4, 0.5) is 0 Å². The van der Waals surface area contributed by atoms with Crippen LogP contribution in [0.3, 0.4) is 0 Å².